The predicted octanol–water partition coefficient (Wildman–Crippen LogP) is 3.25. The Morgan fingerprint density at radius 1 is 1.25 bits per heavy atom. The van der Waals surface area contributed by atoms with Gasteiger partial charge in [0.1, 0.15) is 6.04 Å². The number of nitrogens with zero attached hydrogens (tertiary/aromatic N) is 1. The molecule has 0 radical (unpaired) electrons. The van der Waals surface area contributed by atoms with Gasteiger partial charge in [-0.05, 0) is 45.1 Å². The molecule has 2 aliphatic rings. The molecule has 2 fully saturated rings. The molecule has 130 valence electrons. The zero-order valence-electron chi connectivity index (χ0n) is 14.3. The number of ether oxygens (including phenoxy) is 1. The summed E-state index contributed by atoms with van der Waals surface area (Å²) in [6.07, 6.45) is 3.55. The number of benzene rings is 1. The minimum absolute atomic E-state index is 0.0722. The molecular weight excluding hydrogens is 322 g/mol. The third-order valence-electron chi connectivity index (χ3n) is 4.42. The molecule has 1 heterocycles. The van der Waals surface area contributed by atoms with E-state index in [0.717, 1.165) is 25.7 Å². The summed E-state index contributed by atoms with van der Waals surface area (Å²) in [7, 11) is 0. The van der Waals surface area contributed by atoms with Gasteiger partial charge in [-0.2, -0.15) is 0 Å². The smallest absolute Gasteiger partial charge is 0.330 e. The number of esters is 1. The lowest BCUT2D eigenvalue weighted by atomic mass is 10.1. The van der Waals surface area contributed by atoms with Gasteiger partial charge in [0.15, 0.2) is 0 Å². The van der Waals surface area contributed by atoms with Crippen molar-refractivity contribution in [2.24, 2.45) is 5.92 Å². The first-order chi connectivity index (χ1) is 11.6. The second-order valence-corrected chi connectivity index (χ2v) is 8.04. The quantitative estimate of drug-likeness (QED) is 0.741. The molecule has 24 heavy (non-hydrogen) atoms. The van der Waals surface area contributed by atoms with Gasteiger partial charge >= 0.3 is 5.97 Å². The van der Waals surface area contributed by atoms with Gasteiger partial charge < -0.3 is 9.64 Å². The first-order valence-corrected chi connectivity index (χ1v) is 9.79. The Morgan fingerprint density at radius 2 is 1.96 bits per heavy atom. The number of carbonyl (C=O) groups excluding carboxylic acids is 2. The molecule has 4 nitrogen and oxygen atoms in total. The lowest BCUT2D eigenvalue weighted by Gasteiger charge is -2.29. The van der Waals surface area contributed by atoms with E-state index in [1.54, 1.807) is 11.8 Å². The van der Waals surface area contributed by atoms with Crippen LogP contribution in [0.15, 0.2) is 30.3 Å². The molecule has 1 saturated carbocycles. The van der Waals surface area contributed by atoms with Crippen molar-refractivity contribution in [3.63, 3.8) is 0 Å². The fourth-order valence-electron chi connectivity index (χ4n) is 3.05. The van der Waals surface area contributed by atoms with Gasteiger partial charge in [-0.1, -0.05) is 30.3 Å². The van der Waals surface area contributed by atoms with E-state index >= 15 is 0 Å². The highest BCUT2D eigenvalue weighted by Gasteiger charge is 2.46. The van der Waals surface area contributed by atoms with E-state index in [0.29, 0.717) is 5.75 Å². The number of thioether (sulfide) groups is 1. The zero-order chi connectivity index (χ0) is 17.1. The van der Waals surface area contributed by atoms with Gasteiger partial charge in [-0.15, -0.1) is 11.8 Å². The second kappa shape index (κ2) is 7.60. The molecule has 1 aromatic carbocycles. The van der Waals surface area contributed by atoms with E-state index in [2.05, 4.69) is 12.1 Å². The van der Waals surface area contributed by atoms with Crippen LogP contribution in [0.25, 0.3) is 0 Å². The molecule has 5 heteroatoms. The number of rotatable bonds is 6. The molecule has 0 spiro atoms. The van der Waals surface area contributed by atoms with Gasteiger partial charge in [-0.25, -0.2) is 4.79 Å². The van der Waals surface area contributed by atoms with Crippen LogP contribution >= 0.6 is 11.8 Å². The van der Waals surface area contributed by atoms with E-state index in [4.69, 9.17) is 4.74 Å². The normalized spacial score (nSPS) is 23.5. The van der Waals surface area contributed by atoms with Crippen molar-refractivity contribution in [2.45, 2.75) is 57.1 Å². The molecule has 1 aliphatic carbocycles. The minimum Gasteiger partial charge on any atom is -0.461 e. The minimum atomic E-state index is -0.425. The lowest BCUT2D eigenvalue weighted by molar-refractivity contribution is -0.157. The Balaban J connectivity index is 1.68. The van der Waals surface area contributed by atoms with Crippen LogP contribution in [0.4, 0.5) is 0 Å². The third-order valence-corrected chi connectivity index (χ3v) is 5.78. The number of hydrogen-bond donors (Lipinski definition) is 0. The fourth-order valence-corrected chi connectivity index (χ4v) is 4.45. The fraction of sp³-hybridized carbons (Fsp3) is 0.579. The molecule has 2 unspecified atom stereocenters. The predicted molar refractivity (Wildman–Crippen MR) is 95.6 cm³/mol. The molecule has 0 N–H and O–H groups in total. The van der Waals surface area contributed by atoms with Crippen LogP contribution < -0.4 is 0 Å². The van der Waals surface area contributed by atoms with Gasteiger partial charge in [0.2, 0.25) is 5.91 Å². The number of carbonyl (C=O) groups is 2. The Kier molecular flexibility index (Phi) is 5.49. The van der Waals surface area contributed by atoms with Gasteiger partial charge in [0.25, 0.3) is 0 Å². The Bertz CT molecular complexity index is 586. The molecule has 0 aromatic heterocycles. The topological polar surface area (TPSA) is 46.6 Å². The maximum atomic E-state index is 12.7. The summed E-state index contributed by atoms with van der Waals surface area (Å²) in [5, 5.41) is 0.0722. The molecule has 2 atom stereocenters. The Hall–Kier alpha value is -1.49. The highest BCUT2D eigenvalue weighted by Crippen LogP contribution is 2.39. The summed E-state index contributed by atoms with van der Waals surface area (Å²) in [5.41, 5.74) is 1.27. The molecule has 0 bridgehead atoms. The Labute approximate surface area is 147 Å². The summed E-state index contributed by atoms with van der Waals surface area (Å²) < 4.78 is 5.38. The maximum Gasteiger partial charge on any atom is 0.330 e. The van der Waals surface area contributed by atoms with E-state index < -0.39 is 6.04 Å². The first-order valence-electron chi connectivity index (χ1n) is 8.74. The van der Waals surface area contributed by atoms with Crippen molar-refractivity contribution in [3.8, 4) is 0 Å². The van der Waals surface area contributed by atoms with Gasteiger partial charge in [-0.3, -0.25) is 4.79 Å². The van der Waals surface area contributed by atoms with Crippen LogP contribution in [0.1, 0.15) is 38.7 Å². The van der Waals surface area contributed by atoms with Gasteiger partial charge in [0, 0.05) is 11.7 Å². The number of aryl methyl sites for hydroxylation is 1. The molecular formula is C19H25NO3S. The monoisotopic (exact) mass is 347 g/mol. The van der Waals surface area contributed by atoms with Crippen LogP contribution in [0.3, 0.4) is 0 Å². The van der Waals surface area contributed by atoms with Crippen molar-refractivity contribution >= 4 is 23.6 Å². The van der Waals surface area contributed by atoms with E-state index in [1.165, 1.54) is 5.56 Å². The molecule has 1 saturated heterocycles. The van der Waals surface area contributed by atoms with Crippen molar-refractivity contribution in [1.29, 1.82) is 0 Å². The van der Waals surface area contributed by atoms with E-state index in [1.807, 2.05) is 36.9 Å². The number of amides is 1. The summed E-state index contributed by atoms with van der Waals surface area (Å²) in [6.45, 7) is 3.69. The van der Waals surface area contributed by atoms with Crippen LogP contribution in [-0.4, -0.2) is 40.0 Å². The maximum absolute atomic E-state index is 12.7. The van der Waals surface area contributed by atoms with Crippen LogP contribution in [-0.2, 0) is 20.7 Å². The summed E-state index contributed by atoms with van der Waals surface area (Å²) >= 11 is 1.71. The molecule has 1 aliphatic heterocycles. The standard InChI is InChI=1S/C19H25NO3S/c1-13(2)23-19(22)16-12-24-17(20(16)18(21)15-9-10-15)11-8-14-6-4-3-5-7-14/h3-7,13,15-17H,8-12H2,1-2H3. The van der Waals surface area contributed by atoms with Crippen LogP contribution in [0.2, 0.25) is 0 Å². The first kappa shape index (κ1) is 17.3. The van der Waals surface area contributed by atoms with Crippen molar-refractivity contribution in [3.05, 3.63) is 35.9 Å². The SMILES string of the molecule is CC(C)OC(=O)C1CSC(CCc2ccccc2)N1C(=O)C1CC1. The van der Waals surface area contributed by atoms with Gasteiger partial charge in [0.05, 0.1) is 11.5 Å². The molecule has 1 amide bonds. The van der Waals surface area contributed by atoms with Crippen LogP contribution in [0.5, 0.6) is 0 Å². The second-order valence-electron chi connectivity index (χ2n) is 6.83. The largest absolute Gasteiger partial charge is 0.461 e. The van der Waals surface area contributed by atoms with E-state index in [-0.39, 0.29) is 29.3 Å². The van der Waals surface area contributed by atoms with Crippen molar-refractivity contribution in [1.82, 2.24) is 4.90 Å². The van der Waals surface area contributed by atoms with Crippen molar-refractivity contribution in [2.75, 3.05) is 5.75 Å². The highest BCUT2D eigenvalue weighted by atomic mass is 32.2. The summed E-state index contributed by atoms with van der Waals surface area (Å²) in [4.78, 5) is 27.0. The summed E-state index contributed by atoms with van der Waals surface area (Å²) in [6, 6.07) is 9.87. The average Bonchev–Trinajstić information content (AvgIpc) is 3.32. The average molecular weight is 347 g/mol. The third kappa shape index (κ3) is 4.12. The Morgan fingerprint density at radius 3 is 2.58 bits per heavy atom. The van der Waals surface area contributed by atoms with Crippen molar-refractivity contribution < 1.29 is 14.3 Å². The number of hydrogen-bond acceptors (Lipinski definition) is 4. The molecule has 3 rings (SSSR count). The zero-order valence-corrected chi connectivity index (χ0v) is 15.1. The lowest BCUT2D eigenvalue weighted by Crippen LogP contribution is -2.47. The van der Waals surface area contributed by atoms with E-state index in [9.17, 15) is 9.59 Å². The van der Waals surface area contributed by atoms with Crippen LogP contribution in [0, 0.1) is 5.92 Å². The highest BCUT2D eigenvalue weighted by molar-refractivity contribution is 8.00. The molecule has 1 aromatic rings. The summed E-state index contributed by atoms with van der Waals surface area (Å²) in [5.74, 6) is 0.651.